The minimum Gasteiger partial charge on any atom is -0.496 e. The van der Waals surface area contributed by atoms with Gasteiger partial charge in [0, 0.05) is 38.1 Å². The van der Waals surface area contributed by atoms with Crippen LogP contribution in [0.1, 0.15) is 25.2 Å². The van der Waals surface area contributed by atoms with E-state index in [0.29, 0.717) is 19.0 Å². The largest absolute Gasteiger partial charge is 0.496 e. The monoisotopic (exact) mass is 329 g/mol. The van der Waals surface area contributed by atoms with E-state index in [1.165, 1.54) is 0 Å². The smallest absolute Gasteiger partial charge is 0.191 e. The Kier molecular flexibility index (Phi) is 6.66. The van der Waals surface area contributed by atoms with Crippen LogP contribution in [0.25, 0.3) is 0 Å². The molecule has 0 aliphatic carbocycles. The first-order valence-electron chi connectivity index (χ1n) is 8.20. The van der Waals surface area contributed by atoms with Crippen molar-refractivity contribution in [1.82, 2.24) is 20.2 Å². The number of hydrogen-bond acceptors (Lipinski definition) is 3. The van der Waals surface area contributed by atoms with E-state index in [-0.39, 0.29) is 0 Å². The number of aliphatic imine (C=N–C) groups is 1. The molecule has 1 aromatic carbocycles. The zero-order valence-corrected chi connectivity index (χ0v) is 14.9. The molecule has 1 heterocycles. The van der Waals surface area contributed by atoms with Gasteiger partial charge in [-0.05, 0) is 12.0 Å². The van der Waals surface area contributed by atoms with E-state index in [4.69, 9.17) is 4.74 Å². The van der Waals surface area contributed by atoms with Crippen molar-refractivity contribution < 1.29 is 4.74 Å². The summed E-state index contributed by atoms with van der Waals surface area (Å²) in [5, 5.41) is 6.61. The number of ether oxygens (including phenoxy) is 1. The molecule has 1 aromatic heterocycles. The number of para-hydroxylation sites is 1. The molecule has 0 saturated heterocycles. The molecule has 0 aliphatic heterocycles. The molecule has 6 nitrogen and oxygen atoms in total. The molecule has 2 aromatic rings. The lowest BCUT2D eigenvalue weighted by molar-refractivity contribution is 0.409. The predicted octanol–water partition coefficient (Wildman–Crippen LogP) is 2.41. The van der Waals surface area contributed by atoms with Crippen molar-refractivity contribution in [2.24, 2.45) is 10.9 Å². The average Bonchev–Trinajstić information content (AvgIpc) is 3.01. The van der Waals surface area contributed by atoms with Crippen molar-refractivity contribution >= 4 is 5.96 Å². The second kappa shape index (κ2) is 8.96. The second-order valence-corrected chi connectivity index (χ2v) is 5.98. The normalized spacial score (nSPS) is 11.6. The Bertz CT molecular complexity index is 663. The first kappa shape index (κ1) is 17.8. The number of aromatic nitrogens is 2. The third-order valence-electron chi connectivity index (χ3n) is 3.64. The Labute approximate surface area is 144 Å². The SMILES string of the molecule is CN=C(NCc1ccccc1OC)NCc1nccn1CC(C)C. The summed E-state index contributed by atoms with van der Waals surface area (Å²) >= 11 is 0. The minimum absolute atomic E-state index is 0.584. The molecule has 0 saturated carbocycles. The molecule has 0 spiro atoms. The highest BCUT2D eigenvalue weighted by molar-refractivity contribution is 5.79. The fourth-order valence-corrected chi connectivity index (χ4v) is 2.48. The standard InChI is InChI=1S/C18H27N5O/c1-14(2)13-23-10-9-20-17(23)12-22-18(19-3)21-11-15-7-5-6-8-16(15)24-4/h5-10,14H,11-13H2,1-4H3,(H2,19,21,22). The number of rotatable bonds is 7. The maximum absolute atomic E-state index is 5.37. The number of imidazole rings is 1. The lowest BCUT2D eigenvalue weighted by atomic mass is 10.2. The fraction of sp³-hybridized carbons (Fsp3) is 0.444. The van der Waals surface area contributed by atoms with Crippen LogP contribution in [0, 0.1) is 5.92 Å². The summed E-state index contributed by atoms with van der Waals surface area (Å²) < 4.78 is 7.54. The molecule has 0 unspecified atom stereocenters. The Morgan fingerprint density at radius 3 is 2.71 bits per heavy atom. The van der Waals surface area contributed by atoms with E-state index in [1.54, 1.807) is 14.2 Å². The summed E-state index contributed by atoms with van der Waals surface area (Å²) in [5.41, 5.74) is 1.09. The molecule has 0 radical (unpaired) electrons. The Morgan fingerprint density at radius 1 is 1.25 bits per heavy atom. The lowest BCUT2D eigenvalue weighted by Gasteiger charge is -2.15. The molecule has 2 N–H and O–H groups in total. The highest BCUT2D eigenvalue weighted by Gasteiger charge is 2.07. The third kappa shape index (κ3) is 5.01. The van der Waals surface area contributed by atoms with Crippen LogP contribution in [0.4, 0.5) is 0 Å². The topological polar surface area (TPSA) is 63.5 Å². The molecule has 24 heavy (non-hydrogen) atoms. The van der Waals surface area contributed by atoms with Crippen LogP contribution in [0.3, 0.4) is 0 Å². The zero-order chi connectivity index (χ0) is 17.4. The van der Waals surface area contributed by atoms with Gasteiger partial charge in [-0.1, -0.05) is 32.0 Å². The summed E-state index contributed by atoms with van der Waals surface area (Å²) in [6.07, 6.45) is 3.85. The van der Waals surface area contributed by atoms with Crippen LogP contribution in [0.15, 0.2) is 41.7 Å². The Hall–Kier alpha value is -2.50. The van der Waals surface area contributed by atoms with Gasteiger partial charge in [0.25, 0.3) is 0 Å². The Morgan fingerprint density at radius 2 is 2.00 bits per heavy atom. The fourth-order valence-electron chi connectivity index (χ4n) is 2.48. The first-order valence-corrected chi connectivity index (χ1v) is 8.20. The summed E-state index contributed by atoms with van der Waals surface area (Å²) in [4.78, 5) is 8.68. The summed E-state index contributed by atoms with van der Waals surface area (Å²) in [6, 6.07) is 7.95. The van der Waals surface area contributed by atoms with E-state index < -0.39 is 0 Å². The first-order chi connectivity index (χ1) is 11.6. The highest BCUT2D eigenvalue weighted by atomic mass is 16.5. The number of methoxy groups -OCH3 is 1. The van der Waals surface area contributed by atoms with Gasteiger partial charge in [0.2, 0.25) is 0 Å². The molecule has 2 rings (SSSR count). The number of benzene rings is 1. The lowest BCUT2D eigenvalue weighted by Crippen LogP contribution is -2.37. The number of guanidine groups is 1. The second-order valence-electron chi connectivity index (χ2n) is 5.98. The van der Waals surface area contributed by atoms with Crippen LogP contribution in [-0.2, 0) is 19.6 Å². The third-order valence-corrected chi connectivity index (χ3v) is 3.64. The van der Waals surface area contributed by atoms with Crippen molar-refractivity contribution in [3.8, 4) is 5.75 Å². The average molecular weight is 329 g/mol. The van der Waals surface area contributed by atoms with Gasteiger partial charge in [-0.25, -0.2) is 4.98 Å². The van der Waals surface area contributed by atoms with Gasteiger partial charge in [0.15, 0.2) is 5.96 Å². The van der Waals surface area contributed by atoms with Crippen molar-refractivity contribution in [2.45, 2.75) is 33.5 Å². The number of nitrogens with zero attached hydrogens (tertiary/aromatic N) is 3. The van der Waals surface area contributed by atoms with E-state index in [2.05, 4.69) is 39.0 Å². The summed E-state index contributed by atoms with van der Waals surface area (Å²) in [7, 11) is 3.44. The van der Waals surface area contributed by atoms with Crippen molar-refractivity contribution in [3.05, 3.63) is 48.0 Å². The summed E-state index contributed by atoms with van der Waals surface area (Å²) in [5.74, 6) is 3.19. The van der Waals surface area contributed by atoms with Gasteiger partial charge in [0.05, 0.1) is 13.7 Å². The molecule has 0 bridgehead atoms. The zero-order valence-electron chi connectivity index (χ0n) is 14.9. The van der Waals surface area contributed by atoms with Crippen LogP contribution in [-0.4, -0.2) is 29.7 Å². The van der Waals surface area contributed by atoms with Crippen LogP contribution >= 0.6 is 0 Å². The molecule has 130 valence electrons. The predicted molar refractivity (Wildman–Crippen MR) is 97.1 cm³/mol. The van der Waals surface area contributed by atoms with E-state index in [1.807, 2.05) is 36.7 Å². The maximum atomic E-state index is 5.37. The van der Waals surface area contributed by atoms with Gasteiger partial charge in [-0.2, -0.15) is 0 Å². The van der Waals surface area contributed by atoms with E-state index in [0.717, 1.165) is 29.6 Å². The van der Waals surface area contributed by atoms with E-state index >= 15 is 0 Å². The van der Waals surface area contributed by atoms with Crippen LogP contribution in [0.5, 0.6) is 5.75 Å². The molecular formula is C18H27N5O. The van der Waals surface area contributed by atoms with E-state index in [9.17, 15) is 0 Å². The molecule has 6 heteroatoms. The van der Waals surface area contributed by atoms with Crippen LogP contribution < -0.4 is 15.4 Å². The number of hydrogen-bond donors (Lipinski definition) is 2. The van der Waals surface area contributed by atoms with Gasteiger partial charge in [0.1, 0.15) is 11.6 Å². The van der Waals surface area contributed by atoms with Gasteiger partial charge < -0.3 is 19.9 Å². The quantitative estimate of drug-likeness (QED) is 0.605. The van der Waals surface area contributed by atoms with Gasteiger partial charge >= 0.3 is 0 Å². The minimum atomic E-state index is 0.584. The highest BCUT2D eigenvalue weighted by Crippen LogP contribution is 2.16. The molecule has 0 atom stereocenters. The van der Waals surface area contributed by atoms with Crippen molar-refractivity contribution in [2.75, 3.05) is 14.2 Å². The van der Waals surface area contributed by atoms with Crippen molar-refractivity contribution in [3.63, 3.8) is 0 Å². The molecular weight excluding hydrogens is 302 g/mol. The van der Waals surface area contributed by atoms with Crippen molar-refractivity contribution in [1.29, 1.82) is 0 Å². The molecule has 0 amide bonds. The van der Waals surface area contributed by atoms with Crippen LogP contribution in [0.2, 0.25) is 0 Å². The molecule has 0 aliphatic rings. The maximum Gasteiger partial charge on any atom is 0.191 e. The Balaban J connectivity index is 1.90. The number of nitrogens with one attached hydrogen (secondary N) is 2. The molecule has 0 fully saturated rings. The summed E-state index contributed by atoms with van der Waals surface area (Å²) in [6.45, 7) is 6.63. The van der Waals surface area contributed by atoms with Gasteiger partial charge in [-0.3, -0.25) is 4.99 Å². The van der Waals surface area contributed by atoms with Gasteiger partial charge in [-0.15, -0.1) is 0 Å².